The predicted octanol–water partition coefficient (Wildman–Crippen LogP) is 1.70. The van der Waals surface area contributed by atoms with Gasteiger partial charge in [0.1, 0.15) is 13.2 Å². The molecule has 0 saturated carbocycles. The van der Waals surface area contributed by atoms with Crippen LogP contribution in [0.25, 0.3) is 0 Å². The fourth-order valence-corrected chi connectivity index (χ4v) is 3.05. The number of nitrogens with one attached hydrogen (secondary N) is 2. The van der Waals surface area contributed by atoms with Gasteiger partial charge in [0.2, 0.25) is 0 Å². The molecule has 0 spiro atoms. The minimum atomic E-state index is -0.0867. The van der Waals surface area contributed by atoms with Gasteiger partial charge in [-0.05, 0) is 47.4 Å². The van der Waals surface area contributed by atoms with Gasteiger partial charge in [-0.15, -0.1) is 0 Å². The highest BCUT2D eigenvalue weighted by Crippen LogP contribution is 2.38. The van der Waals surface area contributed by atoms with E-state index in [0.717, 1.165) is 17.4 Å². The third-order valence-electron chi connectivity index (χ3n) is 3.53. The summed E-state index contributed by atoms with van der Waals surface area (Å²) < 4.78 is 11.8. The number of hydrogen-bond donors (Lipinski definition) is 2. The van der Waals surface area contributed by atoms with Crippen molar-refractivity contribution in [1.82, 2.24) is 10.6 Å². The smallest absolute Gasteiger partial charge is 0.251 e. The monoisotopic (exact) mass is 340 g/mol. The molecular formula is C14H17BrN2O3. The third-order valence-corrected chi connectivity index (χ3v) is 4.12. The van der Waals surface area contributed by atoms with Gasteiger partial charge in [0.05, 0.1) is 4.47 Å². The van der Waals surface area contributed by atoms with Crippen LogP contribution < -0.4 is 20.1 Å². The van der Waals surface area contributed by atoms with Gasteiger partial charge in [-0.1, -0.05) is 0 Å². The van der Waals surface area contributed by atoms with Crippen LogP contribution in [0.3, 0.4) is 0 Å². The average molecular weight is 341 g/mol. The first kappa shape index (κ1) is 13.7. The van der Waals surface area contributed by atoms with Gasteiger partial charge in [-0.3, -0.25) is 4.79 Å². The second kappa shape index (κ2) is 6.01. The van der Waals surface area contributed by atoms with E-state index in [9.17, 15) is 4.79 Å². The Hall–Kier alpha value is -1.27. The predicted molar refractivity (Wildman–Crippen MR) is 78.5 cm³/mol. The number of carbonyl (C=O) groups excluding carboxylic acids is 1. The maximum Gasteiger partial charge on any atom is 0.251 e. The van der Waals surface area contributed by atoms with Gasteiger partial charge >= 0.3 is 0 Å². The molecule has 1 saturated heterocycles. The number of hydrogen-bond acceptors (Lipinski definition) is 4. The summed E-state index contributed by atoms with van der Waals surface area (Å²) in [5, 5.41) is 6.31. The molecule has 1 fully saturated rings. The first-order chi connectivity index (χ1) is 9.74. The Labute approximate surface area is 126 Å². The van der Waals surface area contributed by atoms with Crippen molar-refractivity contribution in [2.75, 3.05) is 26.3 Å². The molecule has 2 heterocycles. The van der Waals surface area contributed by atoms with E-state index in [0.29, 0.717) is 42.9 Å². The lowest BCUT2D eigenvalue weighted by atomic mass is 10.1. The molecule has 1 amide bonds. The quantitative estimate of drug-likeness (QED) is 0.879. The zero-order valence-electron chi connectivity index (χ0n) is 11.1. The van der Waals surface area contributed by atoms with E-state index < -0.39 is 0 Å². The van der Waals surface area contributed by atoms with Gasteiger partial charge in [0.25, 0.3) is 5.91 Å². The number of carbonyl (C=O) groups is 1. The summed E-state index contributed by atoms with van der Waals surface area (Å²) in [5.41, 5.74) is 0.583. The standard InChI is InChI=1S/C14H17BrN2O3/c15-11-6-9(7-12-13(11)20-5-4-19-12)14(18)17-8-10-2-1-3-16-10/h6-7,10,16H,1-5,8H2,(H,17,18). The fourth-order valence-electron chi connectivity index (χ4n) is 2.49. The van der Waals surface area contributed by atoms with Crippen molar-refractivity contribution >= 4 is 21.8 Å². The number of halogens is 1. The van der Waals surface area contributed by atoms with Crippen LogP contribution in [0.2, 0.25) is 0 Å². The summed E-state index contributed by atoms with van der Waals surface area (Å²) >= 11 is 3.42. The van der Waals surface area contributed by atoms with E-state index >= 15 is 0 Å². The Morgan fingerprint density at radius 3 is 3.05 bits per heavy atom. The molecular weight excluding hydrogens is 324 g/mol. The van der Waals surface area contributed by atoms with Crippen LogP contribution in [-0.4, -0.2) is 38.3 Å². The minimum Gasteiger partial charge on any atom is -0.486 e. The largest absolute Gasteiger partial charge is 0.486 e. The minimum absolute atomic E-state index is 0.0867. The molecule has 20 heavy (non-hydrogen) atoms. The third kappa shape index (κ3) is 2.91. The molecule has 0 aromatic heterocycles. The van der Waals surface area contributed by atoms with Gasteiger partial charge in [0.15, 0.2) is 11.5 Å². The first-order valence-electron chi connectivity index (χ1n) is 6.85. The van der Waals surface area contributed by atoms with Crippen molar-refractivity contribution in [3.05, 3.63) is 22.2 Å². The van der Waals surface area contributed by atoms with E-state index in [1.54, 1.807) is 12.1 Å². The maximum atomic E-state index is 12.2. The average Bonchev–Trinajstić information content (AvgIpc) is 2.98. The normalized spacial score (nSPS) is 20.8. The molecule has 2 aliphatic rings. The molecule has 1 aromatic rings. The molecule has 1 unspecified atom stereocenters. The van der Waals surface area contributed by atoms with Crippen LogP contribution >= 0.6 is 15.9 Å². The summed E-state index contributed by atoms with van der Waals surface area (Å²) in [6.45, 7) is 2.74. The molecule has 5 nitrogen and oxygen atoms in total. The Morgan fingerprint density at radius 1 is 1.40 bits per heavy atom. The highest BCUT2D eigenvalue weighted by atomic mass is 79.9. The Morgan fingerprint density at radius 2 is 2.25 bits per heavy atom. The summed E-state index contributed by atoms with van der Waals surface area (Å²) in [6, 6.07) is 3.89. The zero-order chi connectivity index (χ0) is 13.9. The van der Waals surface area contributed by atoms with Crippen molar-refractivity contribution in [2.45, 2.75) is 18.9 Å². The van der Waals surface area contributed by atoms with Crippen molar-refractivity contribution in [3.8, 4) is 11.5 Å². The van der Waals surface area contributed by atoms with E-state index in [4.69, 9.17) is 9.47 Å². The lowest BCUT2D eigenvalue weighted by Crippen LogP contribution is -2.37. The highest BCUT2D eigenvalue weighted by Gasteiger charge is 2.20. The van der Waals surface area contributed by atoms with Gasteiger partial charge in [0, 0.05) is 18.2 Å². The van der Waals surface area contributed by atoms with E-state index in [-0.39, 0.29) is 5.91 Å². The SMILES string of the molecule is O=C(NCC1CCCN1)c1cc(Br)c2c(c1)OCCO2. The van der Waals surface area contributed by atoms with E-state index in [2.05, 4.69) is 26.6 Å². The Kier molecular flexibility index (Phi) is 4.12. The highest BCUT2D eigenvalue weighted by molar-refractivity contribution is 9.10. The molecule has 0 bridgehead atoms. The number of rotatable bonds is 3. The number of benzene rings is 1. The molecule has 1 aromatic carbocycles. The summed E-state index contributed by atoms with van der Waals surface area (Å²) in [5.74, 6) is 1.20. The van der Waals surface area contributed by atoms with Crippen LogP contribution in [0.4, 0.5) is 0 Å². The second-order valence-corrected chi connectivity index (χ2v) is 5.84. The molecule has 2 N–H and O–H groups in total. The summed E-state index contributed by atoms with van der Waals surface area (Å²) in [4.78, 5) is 12.2. The van der Waals surface area contributed by atoms with Crippen LogP contribution in [0.5, 0.6) is 11.5 Å². The molecule has 2 aliphatic heterocycles. The topological polar surface area (TPSA) is 59.6 Å². The van der Waals surface area contributed by atoms with Crippen LogP contribution in [0, 0.1) is 0 Å². The van der Waals surface area contributed by atoms with Gasteiger partial charge in [-0.25, -0.2) is 0 Å². The summed E-state index contributed by atoms with van der Waals surface area (Å²) in [6.07, 6.45) is 2.29. The summed E-state index contributed by atoms with van der Waals surface area (Å²) in [7, 11) is 0. The molecule has 6 heteroatoms. The number of fused-ring (bicyclic) bond motifs is 1. The number of ether oxygens (including phenoxy) is 2. The van der Waals surface area contributed by atoms with Gasteiger partial charge in [-0.2, -0.15) is 0 Å². The van der Waals surface area contributed by atoms with Gasteiger partial charge < -0.3 is 20.1 Å². The van der Waals surface area contributed by atoms with Crippen molar-refractivity contribution in [2.24, 2.45) is 0 Å². The van der Waals surface area contributed by atoms with Crippen LogP contribution in [0.1, 0.15) is 23.2 Å². The number of amides is 1. The van der Waals surface area contributed by atoms with Crippen molar-refractivity contribution in [1.29, 1.82) is 0 Å². The van der Waals surface area contributed by atoms with Crippen LogP contribution in [0.15, 0.2) is 16.6 Å². The van der Waals surface area contributed by atoms with Crippen molar-refractivity contribution in [3.63, 3.8) is 0 Å². The fraction of sp³-hybridized carbons (Fsp3) is 0.500. The van der Waals surface area contributed by atoms with E-state index in [1.165, 1.54) is 6.42 Å². The molecule has 0 aliphatic carbocycles. The zero-order valence-corrected chi connectivity index (χ0v) is 12.7. The lowest BCUT2D eigenvalue weighted by molar-refractivity contribution is 0.0949. The van der Waals surface area contributed by atoms with Crippen molar-refractivity contribution < 1.29 is 14.3 Å². The molecule has 108 valence electrons. The second-order valence-electron chi connectivity index (χ2n) is 4.99. The Balaban J connectivity index is 1.69. The molecule has 1 atom stereocenters. The van der Waals surface area contributed by atoms with Crippen LogP contribution in [-0.2, 0) is 0 Å². The van der Waals surface area contributed by atoms with E-state index in [1.807, 2.05) is 0 Å². The molecule has 0 radical (unpaired) electrons. The Bertz CT molecular complexity index is 515. The first-order valence-corrected chi connectivity index (χ1v) is 7.64. The molecule has 3 rings (SSSR count). The lowest BCUT2D eigenvalue weighted by Gasteiger charge is -2.20. The maximum absolute atomic E-state index is 12.2.